The number of hydrogen-bond donors (Lipinski definition) is 3. The van der Waals surface area contributed by atoms with Crippen LogP contribution in [0, 0.1) is 13.8 Å². The zero-order valence-electron chi connectivity index (χ0n) is 13.7. The lowest BCUT2D eigenvalue weighted by molar-refractivity contribution is -0.122. The number of carbonyl (C=O) groups excluding carboxylic acids is 2. The van der Waals surface area contributed by atoms with Crippen LogP contribution in [-0.2, 0) is 9.59 Å². The number of nitrogens with one attached hydrogen (secondary N) is 3. The van der Waals surface area contributed by atoms with Gasteiger partial charge in [-0.1, -0.05) is 23.2 Å². The molecule has 1 aliphatic heterocycles. The van der Waals surface area contributed by atoms with Crippen LogP contribution in [0.2, 0.25) is 10.0 Å². The maximum atomic E-state index is 12.2. The van der Waals surface area contributed by atoms with Crippen LogP contribution in [0.5, 0.6) is 0 Å². The van der Waals surface area contributed by atoms with Crippen LogP contribution in [0.25, 0.3) is 0 Å². The lowest BCUT2D eigenvalue weighted by Crippen LogP contribution is -2.41. The monoisotopic (exact) mass is 377 g/mol. The second-order valence-electron chi connectivity index (χ2n) is 6.05. The van der Waals surface area contributed by atoms with E-state index < -0.39 is 6.04 Å². The molecule has 25 heavy (non-hydrogen) atoms. The average molecular weight is 378 g/mol. The molecular formula is C18H17Cl2N3O2. The predicted octanol–water partition coefficient (Wildman–Crippen LogP) is 4.37. The second kappa shape index (κ2) is 6.94. The third-order valence-electron chi connectivity index (χ3n) is 4.13. The molecule has 5 nitrogen and oxygen atoms in total. The zero-order valence-corrected chi connectivity index (χ0v) is 15.3. The van der Waals surface area contributed by atoms with E-state index in [-0.39, 0.29) is 18.2 Å². The maximum absolute atomic E-state index is 12.2. The van der Waals surface area contributed by atoms with Gasteiger partial charge in [-0.05, 0) is 55.3 Å². The summed E-state index contributed by atoms with van der Waals surface area (Å²) in [4.78, 5) is 24.5. The molecule has 0 bridgehead atoms. The van der Waals surface area contributed by atoms with E-state index in [0.29, 0.717) is 15.7 Å². The Balaban J connectivity index is 1.69. The molecule has 0 saturated heterocycles. The Morgan fingerprint density at radius 3 is 2.44 bits per heavy atom. The highest BCUT2D eigenvalue weighted by atomic mass is 35.5. The van der Waals surface area contributed by atoms with Gasteiger partial charge in [0, 0.05) is 5.69 Å². The molecule has 2 aromatic rings. The van der Waals surface area contributed by atoms with Crippen LogP contribution < -0.4 is 16.0 Å². The van der Waals surface area contributed by atoms with Gasteiger partial charge < -0.3 is 16.0 Å². The molecule has 0 unspecified atom stereocenters. The lowest BCUT2D eigenvalue weighted by atomic mass is 10.0. The molecule has 0 fully saturated rings. The first-order valence-corrected chi connectivity index (χ1v) is 8.52. The number of anilines is 3. The number of amides is 2. The number of benzene rings is 2. The summed E-state index contributed by atoms with van der Waals surface area (Å²) in [6.45, 7) is 3.98. The van der Waals surface area contributed by atoms with Crippen molar-refractivity contribution in [3.05, 3.63) is 51.5 Å². The van der Waals surface area contributed by atoms with Crippen molar-refractivity contribution in [2.24, 2.45) is 0 Å². The van der Waals surface area contributed by atoms with Gasteiger partial charge in [-0.15, -0.1) is 0 Å². The highest BCUT2D eigenvalue weighted by molar-refractivity contribution is 6.42. The van der Waals surface area contributed by atoms with Gasteiger partial charge in [-0.3, -0.25) is 9.59 Å². The molecular weight excluding hydrogens is 361 g/mol. The standard InChI is InChI=1S/C18H17Cl2N3O2/c1-9-5-14-15(6-10(9)2)23-18(25)16(22-14)8-17(24)21-11-3-4-12(19)13(20)7-11/h3-7,16,22H,8H2,1-2H3,(H,21,24)(H,23,25)/t16-/m0/s1. The number of aryl methyl sites for hydroxylation is 2. The Bertz CT molecular complexity index is 868. The molecule has 1 aliphatic rings. The zero-order chi connectivity index (χ0) is 18.1. The summed E-state index contributed by atoms with van der Waals surface area (Å²) in [5.41, 5.74) is 4.28. The average Bonchev–Trinajstić information content (AvgIpc) is 2.54. The molecule has 0 aromatic heterocycles. The van der Waals surface area contributed by atoms with Gasteiger partial charge in [0.05, 0.1) is 27.8 Å². The van der Waals surface area contributed by atoms with Crippen molar-refractivity contribution >= 4 is 52.1 Å². The molecule has 0 saturated carbocycles. The number of rotatable bonds is 3. The Labute approximate surface area is 155 Å². The van der Waals surface area contributed by atoms with E-state index in [1.165, 1.54) is 0 Å². The number of fused-ring (bicyclic) bond motifs is 1. The molecule has 0 spiro atoms. The topological polar surface area (TPSA) is 70.2 Å². The van der Waals surface area contributed by atoms with E-state index in [0.717, 1.165) is 22.5 Å². The normalized spacial score (nSPS) is 15.8. The van der Waals surface area contributed by atoms with Gasteiger partial charge >= 0.3 is 0 Å². The highest BCUT2D eigenvalue weighted by Crippen LogP contribution is 2.30. The van der Waals surface area contributed by atoms with Crippen molar-refractivity contribution in [2.45, 2.75) is 26.3 Å². The first-order valence-electron chi connectivity index (χ1n) is 7.77. The third-order valence-corrected chi connectivity index (χ3v) is 4.87. The SMILES string of the molecule is Cc1cc2c(cc1C)N[C@@H](CC(=O)Nc1ccc(Cl)c(Cl)c1)C(=O)N2. The van der Waals surface area contributed by atoms with E-state index in [2.05, 4.69) is 16.0 Å². The fourth-order valence-corrected chi connectivity index (χ4v) is 2.93. The number of carbonyl (C=O) groups is 2. The number of halogens is 2. The predicted molar refractivity (Wildman–Crippen MR) is 102 cm³/mol. The van der Waals surface area contributed by atoms with Gasteiger partial charge in [-0.25, -0.2) is 0 Å². The summed E-state index contributed by atoms with van der Waals surface area (Å²) in [7, 11) is 0. The fourth-order valence-electron chi connectivity index (χ4n) is 2.63. The summed E-state index contributed by atoms with van der Waals surface area (Å²) in [6, 6.07) is 8.07. The number of hydrogen-bond acceptors (Lipinski definition) is 3. The van der Waals surface area contributed by atoms with Gasteiger partial charge in [0.1, 0.15) is 6.04 Å². The van der Waals surface area contributed by atoms with Crippen molar-refractivity contribution in [2.75, 3.05) is 16.0 Å². The van der Waals surface area contributed by atoms with Crippen molar-refractivity contribution in [3.8, 4) is 0 Å². The molecule has 1 atom stereocenters. The molecule has 0 aliphatic carbocycles. The smallest absolute Gasteiger partial charge is 0.247 e. The lowest BCUT2D eigenvalue weighted by Gasteiger charge is -2.27. The molecule has 1 heterocycles. The summed E-state index contributed by atoms with van der Waals surface area (Å²) in [6.07, 6.45) is -0.00154. The summed E-state index contributed by atoms with van der Waals surface area (Å²) < 4.78 is 0. The van der Waals surface area contributed by atoms with Gasteiger partial charge in [0.2, 0.25) is 11.8 Å². The van der Waals surface area contributed by atoms with Crippen LogP contribution in [0.15, 0.2) is 30.3 Å². The minimum atomic E-state index is -0.641. The molecule has 7 heteroatoms. The molecule has 0 radical (unpaired) electrons. The van der Waals surface area contributed by atoms with Crippen molar-refractivity contribution in [3.63, 3.8) is 0 Å². The molecule has 2 amide bonds. The maximum Gasteiger partial charge on any atom is 0.247 e. The third kappa shape index (κ3) is 3.89. The minimum Gasteiger partial charge on any atom is -0.372 e. The van der Waals surface area contributed by atoms with Crippen LogP contribution in [0.4, 0.5) is 17.1 Å². The van der Waals surface area contributed by atoms with E-state index in [1.807, 2.05) is 26.0 Å². The highest BCUT2D eigenvalue weighted by Gasteiger charge is 2.28. The van der Waals surface area contributed by atoms with Crippen LogP contribution >= 0.6 is 23.2 Å². The van der Waals surface area contributed by atoms with E-state index in [9.17, 15) is 9.59 Å². The van der Waals surface area contributed by atoms with Crippen LogP contribution in [-0.4, -0.2) is 17.9 Å². The first-order chi connectivity index (χ1) is 11.8. The fraction of sp³-hybridized carbons (Fsp3) is 0.222. The molecule has 3 rings (SSSR count). The summed E-state index contributed by atoms with van der Waals surface area (Å²) in [5, 5.41) is 9.46. The Morgan fingerprint density at radius 2 is 1.76 bits per heavy atom. The van der Waals surface area contributed by atoms with Gasteiger partial charge in [0.15, 0.2) is 0 Å². The van der Waals surface area contributed by atoms with Gasteiger partial charge in [0.25, 0.3) is 0 Å². The van der Waals surface area contributed by atoms with Crippen molar-refractivity contribution in [1.29, 1.82) is 0 Å². The van der Waals surface area contributed by atoms with Crippen molar-refractivity contribution in [1.82, 2.24) is 0 Å². The quantitative estimate of drug-likeness (QED) is 0.743. The molecule has 3 N–H and O–H groups in total. The van der Waals surface area contributed by atoms with Crippen LogP contribution in [0.3, 0.4) is 0 Å². The van der Waals surface area contributed by atoms with E-state index in [4.69, 9.17) is 23.2 Å². The largest absolute Gasteiger partial charge is 0.372 e. The molecule has 2 aromatic carbocycles. The summed E-state index contributed by atoms with van der Waals surface area (Å²) in [5.74, 6) is -0.529. The Hall–Kier alpha value is -2.24. The Kier molecular flexibility index (Phi) is 4.88. The van der Waals surface area contributed by atoms with E-state index >= 15 is 0 Å². The molecule has 130 valence electrons. The Morgan fingerprint density at radius 1 is 1.08 bits per heavy atom. The summed E-state index contributed by atoms with van der Waals surface area (Å²) >= 11 is 11.8. The van der Waals surface area contributed by atoms with Crippen LogP contribution in [0.1, 0.15) is 17.5 Å². The second-order valence-corrected chi connectivity index (χ2v) is 6.86. The van der Waals surface area contributed by atoms with E-state index in [1.54, 1.807) is 18.2 Å². The van der Waals surface area contributed by atoms with Crippen molar-refractivity contribution < 1.29 is 9.59 Å². The first kappa shape index (κ1) is 17.6. The minimum absolute atomic E-state index is 0.00154. The van der Waals surface area contributed by atoms with Gasteiger partial charge in [-0.2, -0.15) is 0 Å².